The summed E-state index contributed by atoms with van der Waals surface area (Å²) in [4.78, 5) is 19.4. The number of H-pyrrole nitrogens is 1. The molecule has 3 rings (SSSR count). The van der Waals surface area contributed by atoms with Crippen molar-refractivity contribution in [2.75, 3.05) is 13.1 Å². The Kier molecular flexibility index (Phi) is 4.08. The zero-order valence-corrected chi connectivity index (χ0v) is 12.1. The van der Waals surface area contributed by atoms with Crippen LogP contribution < -0.4 is 5.56 Å². The number of nitrogens with zero attached hydrogens (tertiary/aromatic N) is 2. The third-order valence-corrected chi connectivity index (χ3v) is 4.32. The van der Waals surface area contributed by atoms with Gasteiger partial charge in [0.2, 0.25) is 5.82 Å². The Balaban J connectivity index is 1.78. The molecule has 0 aromatic carbocycles. The first-order valence-electron chi connectivity index (χ1n) is 7.50. The topological polar surface area (TPSA) is 49.0 Å². The molecule has 22 heavy (non-hydrogen) atoms. The van der Waals surface area contributed by atoms with Gasteiger partial charge in [-0.3, -0.25) is 9.69 Å². The van der Waals surface area contributed by atoms with Crippen molar-refractivity contribution in [2.24, 2.45) is 5.92 Å². The van der Waals surface area contributed by atoms with E-state index in [1.54, 1.807) is 0 Å². The molecule has 1 N–H and O–H groups in total. The molecule has 0 radical (unpaired) electrons. The van der Waals surface area contributed by atoms with Gasteiger partial charge in [-0.15, -0.1) is 0 Å². The number of hydrogen-bond donors (Lipinski definition) is 1. The summed E-state index contributed by atoms with van der Waals surface area (Å²) in [6.07, 6.45) is 3.35. The van der Waals surface area contributed by atoms with E-state index in [9.17, 15) is 18.0 Å². The van der Waals surface area contributed by atoms with E-state index in [0.717, 1.165) is 25.8 Å². The predicted molar refractivity (Wildman–Crippen MR) is 75.3 cm³/mol. The fourth-order valence-electron chi connectivity index (χ4n) is 3.17. The van der Waals surface area contributed by atoms with Crippen LogP contribution in [0.2, 0.25) is 0 Å². The molecule has 120 valence electrons. The second-order valence-corrected chi connectivity index (χ2v) is 5.97. The Bertz CT molecular complexity index is 636. The summed E-state index contributed by atoms with van der Waals surface area (Å²) in [5.74, 6) is -0.658. The fourth-order valence-corrected chi connectivity index (χ4v) is 3.17. The van der Waals surface area contributed by atoms with Gasteiger partial charge in [-0.1, -0.05) is 12.2 Å². The summed E-state index contributed by atoms with van der Waals surface area (Å²) in [6, 6.07) is 0. The van der Waals surface area contributed by atoms with Crippen LogP contribution in [0.3, 0.4) is 0 Å². The lowest BCUT2D eigenvalue weighted by Crippen LogP contribution is -2.39. The van der Waals surface area contributed by atoms with Gasteiger partial charge in [-0.25, -0.2) is 4.98 Å². The number of halogens is 3. The Morgan fingerprint density at radius 2 is 2.18 bits per heavy atom. The maximum Gasteiger partial charge on any atom is 0.449 e. The first kappa shape index (κ1) is 15.3. The van der Waals surface area contributed by atoms with Gasteiger partial charge >= 0.3 is 6.18 Å². The van der Waals surface area contributed by atoms with Crippen LogP contribution in [0, 0.1) is 5.92 Å². The highest BCUT2D eigenvalue weighted by Gasteiger charge is 2.36. The summed E-state index contributed by atoms with van der Waals surface area (Å²) < 4.78 is 38.3. The van der Waals surface area contributed by atoms with Crippen molar-refractivity contribution in [3.63, 3.8) is 0 Å². The summed E-state index contributed by atoms with van der Waals surface area (Å²) in [5, 5.41) is 0. The van der Waals surface area contributed by atoms with Crippen molar-refractivity contribution >= 4 is 0 Å². The van der Waals surface area contributed by atoms with E-state index in [-0.39, 0.29) is 5.69 Å². The van der Waals surface area contributed by atoms with Crippen molar-refractivity contribution in [1.29, 1.82) is 0 Å². The van der Waals surface area contributed by atoms with E-state index in [4.69, 9.17) is 0 Å². The lowest BCUT2D eigenvalue weighted by Gasteiger charge is -2.31. The Morgan fingerprint density at radius 1 is 1.36 bits per heavy atom. The molecule has 2 heterocycles. The molecule has 1 unspecified atom stereocenters. The highest BCUT2D eigenvalue weighted by Crippen LogP contribution is 2.27. The molecule has 1 aromatic heterocycles. The zero-order chi connectivity index (χ0) is 15.7. The van der Waals surface area contributed by atoms with E-state index in [1.807, 2.05) is 4.98 Å². The van der Waals surface area contributed by atoms with Gasteiger partial charge in [0.25, 0.3) is 5.56 Å². The maximum atomic E-state index is 12.8. The molecular weight excluding hydrogens is 295 g/mol. The third kappa shape index (κ3) is 3.24. The van der Waals surface area contributed by atoms with Gasteiger partial charge in [0, 0.05) is 25.2 Å². The second kappa shape index (κ2) is 5.87. The molecule has 4 nitrogen and oxygen atoms in total. The van der Waals surface area contributed by atoms with Crippen LogP contribution in [0.1, 0.15) is 36.3 Å². The predicted octanol–water partition coefficient (Wildman–Crippen LogP) is 2.50. The van der Waals surface area contributed by atoms with Crippen molar-refractivity contribution in [3.05, 3.63) is 39.6 Å². The first-order valence-corrected chi connectivity index (χ1v) is 7.50. The van der Waals surface area contributed by atoms with Gasteiger partial charge < -0.3 is 4.98 Å². The normalized spacial score (nSPS) is 22.6. The molecule has 2 aliphatic rings. The van der Waals surface area contributed by atoms with Gasteiger partial charge in [-0.05, 0) is 31.6 Å². The molecule has 0 saturated heterocycles. The van der Waals surface area contributed by atoms with E-state index in [2.05, 4.69) is 22.0 Å². The van der Waals surface area contributed by atoms with Crippen LogP contribution >= 0.6 is 0 Å². The molecule has 1 aromatic rings. The molecule has 7 heteroatoms. The van der Waals surface area contributed by atoms with Gasteiger partial charge in [0.15, 0.2) is 0 Å². The largest absolute Gasteiger partial charge is 0.449 e. The highest BCUT2D eigenvalue weighted by molar-refractivity contribution is 5.21. The second-order valence-electron chi connectivity index (χ2n) is 5.97. The van der Waals surface area contributed by atoms with Crippen LogP contribution in [-0.2, 0) is 19.1 Å². The minimum absolute atomic E-state index is 0.272. The SMILES string of the molecule is O=c1[nH]c(C(F)(F)F)nc2c1CCN(CC1CC=CCC1)C2. The zero-order valence-electron chi connectivity index (χ0n) is 12.1. The van der Waals surface area contributed by atoms with E-state index in [1.165, 1.54) is 0 Å². The standard InChI is InChI=1S/C15H18F3N3O/c16-15(17,18)14-19-12-9-21(7-6-11(12)13(22)20-14)8-10-4-2-1-3-5-10/h1-2,10H,3-9H2,(H,19,20,22). The molecule has 0 bridgehead atoms. The average Bonchev–Trinajstić information content (AvgIpc) is 2.47. The number of aromatic nitrogens is 2. The smallest absolute Gasteiger partial charge is 0.303 e. The number of aromatic amines is 1. The summed E-state index contributed by atoms with van der Waals surface area (Å²) in [6.45, 7) is 1.87. The van der Waals surface area contributed by atoms with E-state index >= 15 is 0 Å². The number of alkyl halides is 3. The summed E-state index contributed by atoms with van der Waals surface area (Å²) in [5.41, 5.74) is 0.0130. The van der Waals surface area contributed by atoms with Gasteiger partial charge in [-0.2, -0.15) is 13.2 Å². The Hall–Kier alpha value is -1.63. The number of nitrogens with one attached hydrogen (secondary N) is 1. The Morgan fingerprint density at radius 3 is 2.86 bits per heavy atom. The monoisotopic (exact) mass is 313 g/mol. The first-order chi connectivity index (χ1) is 10.4. The molecule has 1 aliphatic heterocycles. The van der Waals surface area contributed by atoms with E-state index in [0.29, 0.717) is 31.0 Å². The minimum atomic E-state index is -4.62. The van der Waals surface area contributed by atoms with Crippen LogP contribution in [-0.4, -0.2) is 28.0 Å². The fraction of sp³-hybridized carbons (Fsp3) is 0.600. The quantitative estimate of drug-likeness (QED) is 0.854. The van der Waals surface area contributed by atoms with Crippen LogP contribution in [0.5, 0.6) is 0 Å². The number of fused-ring (bicyclic) bond motifs is 1. The lowest BCUT2D eigenvalue weighted by molar-refractivity contribution is -0.145. The van der Waals surface area contributed by atoms with Crippen LogP contribution in [0.25, 0.3) is 0 Å². The molecule has 0 fully saturated rings. The van der Waals surface area contributed by atoms with Crippen LogP contribution in [0.15, 0.2) is 16.9 Å². The summed E-state index contributed by atoms with van der Waals surface area (Å²) in [7, 11) is 0. The molecule has 0 spiro atoms. The molecular formula is C15H18F3N3O. The Labute approximate surface area is 126 Å². The van der Waals surface area contributed by atoms with E-state index < -0.39 is 17.6 Å². The van der Waals surface area contributed by atoms with Crippen LogP contribution in [0.4, 0.5) is 13.2 Å². The number of rotatable bonds is 2. The van der Waals surface area contributed by atoms with Crippen molar-refractivity contribution < 1.29 is 13.2 Å². The van der Waals surface area contributed by atoms with Gasteiger partial charge in [0.1, 0.15) is 0 Å². The minimum Gasteiger partial charge on any atom is -0.303 e. The van der Waals surface area contributed by atoms with Crippen molar-refractivity contribution in [1.82, 2.24) is 14.9 Å². The maximum absolute atomic E-state index is 12.8. The van der Waals surface area contributed by atoms with Gasteiger partial charge in [0.05, 0.1) is 5.69 Å². The average molecular weight is 313 g/mol. The summed E-state index contributed by atoms with van der Waals surface area (Å²) >= 11 is 0. The van der Waals surface area contributed by atoms with Crippen molar-refractivity contribution in [2.45, 2.75) is 38.4 Å². The van der Waals surface area contributed by atoms with Crippen molar-refractivity contribution in [3.8, 4) is 0 Å². The number of allylic oxidation sites excluding steroid dienone is 2. The number of hydrogen-bond acceptors (Lipinski definition) is 3. The lowest BCUT2D eigenvalue weighted by atomic mass is 9.93. The third-order valence-electron chi connectivity index (χ3n) is 4.32. The molecule has 1 atom stereocenters. The molecule has 0 amide bonds. The molecule has 0 saturated carbocycles. The molecule has 1 aliphatic carbocycles. The highest BCUT2D eigenvalue weighted by atomic mass is 19.4.